The van der Waals surface area contributed by atoms with Gasteiger partial charge in [-0.25, -0.2) is 9.82 Å². The summed E-state index contributed by atoms with van der Waals surface area (Å²) >= 11 is 0. The van der Waals surface area contributed by atoms with Crippen LogP contribution in [0.2, 0.25) is 0 Å². The third kappa shape index (κ3) is 3.58. The van der Waals surface area contributed by atoms with E-state index in [0.717, 1.165) is 22.6 Å². The van der Waals surface area contributed by atoms with Gasteiger partial charge in [-0.3, -0.25) is 4.72 Å². The number of hydrogen-bond acceptors (Lipinski definition) is 3. The number of nitrogens with one attached hydrogen (secondary N) is 1. The van der Waals surface area contributed by atoms with E-state index in [1.807, 2.05) is 48.0 Å². The van der Waals surface area contributed by atoms with E-state index in [2.05, 4.69) is 9.82 Å². The van der Waals surface area contributed by atoms with Gasteiger partial charge in [-0.1, -0.05) is 30.3 Å². The van der Waals surface area contributed by atoms with Gasteiger partial charge in [0, 0.05) is 11.3 Å². The van der Waals surface area contributed by atoms with Crippen molar-refractivity contribution in [1.82, 2.24) is 9.78 Å². The Morgan fingerprint density at radius 3 is 2.30 bits per heavy atom. The molecule has 3 N–H and O–H groups in total. The van der Waals surface area contributed by atoms with E-state index < -0.39 is 10.2 Å². The summed E-state index contributed by atoms with van der Waals surface area (Å²) in [6.45, 7) is 1.93. The highest BCUT2D eigenvalue weighted by atomic mass is 32.2. The van der Waals surface area contributed by atoms with Gasteiger partial charge in [-0.2, -0.15) is 13.5 Å². The number of nitrogens with zero attached hydrogens (tertiary/aromatic N) is 2. The second-order valence-electron chi connectivity index (χ2n) is 5.14. The molecule has 2 aromatic carbocycles. The maximum Gasteiger partial charge on any atom is 0.296 e. The molecule has 3 aromatic rings. The van der Waals surface area contributed by atoms with Crippen molar-refractivity contribution >= 4 is 15.9 Å². The molecule has 0 atom stereocenters. The Hall–Kier alpha value is -2.64. The lowest BCUT2D eigenvalue weighted by molar-refractivity contribution is 0.603. The molecular formula is C16H16N4O2S. The second kappa shape index (κ2) is 5.86. The molecule has 0 saturated carbocycles. The van der Waals surface area contributed by atoms with E-state index in [4.69, 9.17) is 5.14 Å². The highest BCUT2D eigenvalue weighted by Gasteiger charge is 2.10. The number of aromatic nitrogens is 2. The van der Waals surface area contributed by atoms with Crippen molar-refractivity contribution in [2.75, 3.05) is 4.72 Å². The predicted octanol–water partition coefficient (Wildman–Crippen LogP) is 2.46. The lowest BCUT2D eigenvalue weighted by Gasteiger charge is -2.09. The molecule has 0 aliphatic heterocycles. The van der Waals surface area contributed by atoms with Gasteiger partial charge in [0.25, 0.3) is 10.2 Å². The largest absolute Gasteiger partial charge is 0.296 e. The van der Waals surface area contributed by atoms with Crippen molar-refractivity contribution in [1.29, 1.82) is 0 Å². The molecule has 1 aromatic heterocycles. The Morgan fingerprint density at radius 2 is 1.70 bits per heavy atom. The van der Waals surface area contributed by atoms with Crippen LogP contribution < -0.4 is 9.86 Å². The number of anilines is 1. The zero-order chi connectivity index (χ0) is 16.4. The topological polar surface area (TPSA) is 90.0 Å². The first-order valence-electron chi connectivity index (χ1n) is 6.95. The van der Waals surface area contributed by atoms with E-state index in [1.165, 1.54) is 0 Å². The van der Waals surface area contributed by atoms with Crippen molar-refractivity contribution in [2.24, 2.45) is 5.14 Å². The lowest BCUT2D eigenvalue weighted by atomic mass is 10.1. The third-order valence-corrected chi connectivity index (χ3v) is 3.79. The van der Waals surface area contributed by atoms with Gasteiger partial charge in [0.15, 0.2) is 0 Å². The Balaban J connectivity index is 2.00. The number of hydrogen-bond donors (Lipinski definition) is 2. The first kappa shape index (κ1) is 15.3. The van der Waals surface area contributed by atoms with Crippen molar-refractivity contribution in [3.05, 3.63) is 66.4 Å². The maximum absolute atomic E-state index is 11.0. The van der Waals surface area contributed by atoms with Crippen LogP contribution in [0.3, 0.4) is 0 Å². The van der Waals surface area contributed by atoms with Gasteiger partial charge < -0.3 is 0 Å². The fourth-order valence-corrected chi connectivity index (χ4v) is 2.81. The number of benzene rings is 2. The molecule has 0 fully saturated rings. The van der Waals surface area contributed by atoms with Crippen LogP contribution in [0.15, 0.2) is 60.7 Å². The highest BCUT2D eigenvalue weighted by Crippen LogP contribution is 2.24. The summed E-state index contributed by atoms with van der Waals surface area (Å²) < 4.78 is 26.2. The molecule has 0 saturated heterocycles. The Morgan fingerprint density at radius 1 is 1.04 bits per heavy atom. The smallest absolute Gasteiger partial charge is 0.271 e. The van der Waals surface area contributed by atoms with Crippen molar-refractivity contribution in [3.8, 4) is 16.9 Å². The molecule has 0 amide bonds. The zero-order valence-electron chi connectivity index (χ0n) is 12.5. The summed E-state index contributed by atoms with van der Waals surface area (Å²) in [5.74, 6) is 0. The maximum atomic E-state index is 11.0. The van der Waals surface area contributed by atoms with Crippen LogP contribution in [0.25, 0.3) is 16.9 Å². The minimum Gasteiger partial charge on any atom is -0.271 e. The fraction of sp³-hybridized carbons (Fsp3) is 0.0625. The standard InChI is InChI=1S/C16H16N4O2S/c1-12-11-16(13-5-3-2-4-6-13)20(18-12)15-9-7-14(8-10-15)19-23(17,21)22/h2-11,19H,1H3,(H2,17,21,22). The summed E-state index contributed by atoms with van der Waals surface area (Å²) in [6, 6.07) is 18.8. The first-order chi connectivity index (χ1) is 10.9. The molecule has 0 aliphatic rings. The zero-order valence-corrected chi connectivity index (χ0v) is 13.3. The molecule has 0 unspecified atom stereocenters. The average molecular weight is 328 g/mol. The Kier molecular flexibility index (Phi) is 3.89. The molecule has 7 heteroatoms. The van der Waals surface area contributed by atoms with E-state index in [1.54, 1.807) is 24.3 Å². The fourth-order valence-electron chi connectivity index (χ4n) is 2.35. The molecule has 0 spiro atoms. The average Bonchev–Trinajstić information content (AvgIpc) is 2.89. The molecule has 0 aliphatic carbocycles. The third-order valence-electron chi connectivity index (χ3n) is 3.27. The van der Waals surface area contributed by atoms with E-state index in [-0.39, 0.29) is 0 Å². The SMILES string of the molecule is Cc1cc(-c2ccccc2)n(-c2ccc(NS(N)(=O)=O)cc2)n1. The van der Waals surface area contributed by atoms with Crippen LogP contribution >= 0.6 is 0 Å². The van der Waals surface area contributed by atoms with E-state index >= 15 is 0 Å². The van der Waals surface area contributed by atoms with E-state index in [0.29, 0.717) is 5.69 Å². The molecule has 1 heterocycles. The normalized spacial score (nSPS) is 11.4. The summed E-state index contributed by atoms with van der Waals surface area (Å²) in [5, 5.41) is 9.48. The number of aryl methyl sites for hydroxylation is 1. The van der Waals surface area contributed by atoms with Gasteiger partial charge in [-0.15, -0.1) is 0 Å². The van der Waals surface area contributed by atoms with Gasteiger partial charge in [-0.05, 0) is 37.3 Å². The highest BCUT2D eigenvalue weighted by molar-refractivity contribution is 7.90. The van der Waals surface area contributed by atoms with Crippen LogP contribution in [0, 0.1) is 6.92 Å². The summed E-state index contributed by atoms with van der Waals surface area (Å²) in [5.41, 5.74) is 4.16. The quantitative estimate of drug-likeness (QED) is 0.771. The summed E-state index contributed by atoms with van der Waals surface area (Å²) in [4.78, 5) is 0. The minimum atomic E-state index is -3.77. The molecular weight excluding hydrogens is 312 g/mol. The van der Waals surface area contributed by atoms with Crippen molar-refractivity contribution < 1.29 is 8.42 Å². The van der Waals surface area contributed by atoms with Crippen LogP contribution in [0.4, 0.5) is 5.69 Å². The molecule has 118 valence electrons. The van der Waals surface area contributed by atoms with Crippen LogP contribution in [-0.2, 0) is 10.2 Å². The Labute approximate surface area is 134 Å². The number of nitrogens with two attached hydrogens (primary N) is 1. The molecule has 0 radical (unpaired) electrons. The number of rotatable bonds is 4. The predicted molar refractivity (Wildman–Crippen MR) is 90.5 cm³/mol. The van der Waals surface area contributed by atoms with Gasteiger partial charge in [0.05, 0.1) is 17.1 Å². The second-order valence-corrected chi connectivity index (χ2v) is 6.44. The van der Waals surface area contributed by atoms with Crippen LogP contribution in [0.1, 0.15) is 5.69 Å². The summed E-state index contributed by atoms with van der Waals surface area (Å²) in [7, 11) is -3.77. The summed E-state index contributed by atoms with van der Waals surface area (Å²) in [6.07, 6.45) is 0. The molecule has 23 heavy (non-hydrogen) atoms. The molecule has 0 bridgehead atoms. The van der Waals surface area contributed by atoms with Crippen LogP contribution in [0.5, 0.6) is 0 Å². The van der Waals surface area contributed by atoms with Crippen LogP contribution in [-0.4, -0.2) is 18.2 Å². The lowest BCUT2D eigenvalue weighted by Crippen LogP contribution is -2.21. The van der Waals surface area contributed by atoms with Gasteiger partial charge in [0.1, 0.15) is 0 Å². The Bertz CT molecular complexity index is 916. The monoisotopic (exact) mass is 328 g/mol. The van der Waals surface area contributed by atoms with Gasteiger partial charge >= 0.3 is 0 Å². The van der Waals surface area contributed by atoms with Crippen molar-refractivity contribution in [3.63, 3.8) is 0 Å². The van der Waals surface area contributed by atoms with E-state index in [9.17, 15) is 8.42 Å². The van der Waals surface area contributed by atoms with Gasteiger partial charge in [0.2, 0.25) is 0 Å². The minimum absolute atomic E-state index is 0.404. The molecule has 6 nitrogen and oxygen atoms in total. The van der Waals surface area contributed by atoms with Crippen molar-refractivity contribution in [2.45, 2.75) is 6.92 Å². The first-order valence-corrected chi connectivity index (χ1v) is 8.50. The molecule has 3 rings (SSSR count).